The van der Waals surface area contributed by atoms with E-state index in [2.05, 4.69) is 0 Å². The molecule has 0 spiro atoms. The zero-order valence-corrected chi connectivity index (χ0v) is 15.5. The van der Waals surface area contributed by atoms with Crippen LogP contribution in [0.5, 0.6) is 0 Å². The highest BCUT2D eigenvalue weighted by Crippen LogP contribution is 2.36. The van der Waals surface area contributed by atoms with E-state index in [0.717, 1.165) is 5.56 Å². The van der Waals surface area contributed by atoms with Gasteiger partial charge in [0.25, 0.3) is 0 Å². The summed E-state index contributed by atoms with van der Waals surface area (Å²) in [6.07, 6.45) is 1.41. The van der Waals surface area contributed by atoms with Gasteiger partial charge in [-0.05, 0) is 20.8 Å². The van der Waals surface area contributed by atoms with Crippen LogP contribution in [0.3, 0.4) is 0 Å². The Morgan fingerprint density at radius 2 is 1.52 bits per heavy atom. The van der Waals surface area contributed by atoms with E-state index in [1.54, 1.807) is 20.8 Å². The van der Waals surface area contributed by atoms with Crippen molar-refractivity contribution in [1.29, 1.82) is 0 Å². The fourth-order valence-corrected chi connectivity index (χ4v) is 2.71. The molecule has 138 valence electrons. The van der Waals surface area contributed by atoms with Gasteiger partial charge in [-0.15, -0.1) is 0 Å². The van der Waals surface area contributed by atoms with Gasteiger partial charge in [0.05, 0.1) is 5.70 Å². The lowest BCUT2D eigenvalue weighted by molar-refractivity contribution is -0.107. The lowest BCUT2D eigenvalue weighted by atomic mass is 10.1. The third kappa shape index (κ3) is 4.08. The zero-order chi connectivity index (χ0) is 19.4. The number of benzene rings is 2. The Balaban J connectivity index is 2.16. The summed E-state index contributed by atoms with van der Waals surface area (Å²) in [5.74, 6) is 0.0479. The van der Waals surface area contributed by atoms with Gasteiger partial charge in [-0.2, -0.15) is 0 Å². The van der Waals surface area contributed by atoms with Crippen LogP contribution in [0.4, 0.5) is 4.79 Å². The second-order valence-corrected chi connectivity index (χ2v) is 7.00. The van der Waals surface area contributed by atoms with E-state index in [1.165, 1.54) is 11.2 Å². The summed E-state index contributed by atoms with van der Waals surface area (Å²) < 4.78 is 11.2. The molecule has 2 aromatic carbocycles. The van der Waals surface area contributed by atoms with Crippen LogP contribution in [0.25, 0.3) is 11.4 Å². The van der Waals surface area contributed by atoms with Crippen LogP contribution in [-0.2, 0) is 14.3 Å². The molecule has 0 radical (unpaired) electrons. The van der Waals surface area contributed by atoms with E-state index in [1.807, 2.05) is 60.7 Å². The van der Waals surface area contributed by atoms with Crippen LogP contribution in [0, 0.1) is 0 Å². The zero-order valence-electron chi connectivity index (χ0n) is 15.5. The van der Waals surface area contributed by atoms with Crippen molar-refractivity contribution < 1.29 is 19.1 Å². The van der Waals surface area contributed by atoms with Crippen molar-refractivity contribution in [3.63, 3.8) is 0 Å². The van der Waals surface area contributed by atoms with E-state index in [4.69, 9.17) is 9.47 Å². The predicted octanol–water partition coefficient (Wildman–Crippen LogP) is 4.82. The Morgan fingerprint density at radius 3 is 2.04 bits per heavy atom. The highest BCUT2D eigenvalue weighted by atomic mass is 16.6. The molecule has 1 aliphatic heterocycles. The van der Waals surface area contributed by atoms with Gasteiger partial charge in [0.1, 0.15) is 17.6 Å². The number of ether oxygens (including phenoxy) is 2. The van der Waals surface area contributed by atoms with E-state index in [0.29, 0.717) is 23.2 Å². The molecule has 0 N–H and O–H groups in total. The molecular weight excluding hydrogens is 342 g/mol. The largest absolute Gasteiger partial charge is 0.457 e. The number of amides is 1. The minimum absolute atomic E-state index is 0.0479. The molecule has 27 heavy (non-hydrogen) atoms. The van der Waals surface area contributed by atoms with Crippen LogP contribution < -0.4 is 0 Å². The molecular formula is C22H21NO4. The maximum atomic E-state index is 13.1. The lowest BCUT2D eigenvalue weighted by Gasteiger charge is -2.33. The van der Waals surface area contributed by atoms with Crippen molar-refractivity contribution in [2.24, 2.45) is 0 Å². The maximum absolute atomic E-state index is 13.1. The molecule has 0 atom stereocenters. The first-order valence-corrected chi connectivity index (χ1v) is 8.61. The van der Waals surface area contributed by atoms with E-state index < -0.39 is 11.7 Å². The van der Waals surface area contributed by atoms with Gasteiger partial charge in [0, 0.05) is 11.1 Å². The first-order chi connectivity index (χ1) is 12.9. The van der Waals surface area contributed by atoms with Crippen LogP contribution in [-0.4, -0.2) is 22.9 Å². The van der Waals surface area contributed by atoms with Gasteiger partial charge in [-0.25, -0.2) is 9.69 Å². The minimum Gasteiger partial charge on any atom is -0.457 e. The predicted molar refractivity (Wildman–Crippen MR) is 103 cm³/mol. The SMILES string of the molecule is CC(C)(C)OC(=O)N1C(c2ccccc2)=COC(C=O)=C1c1ccccc1. The molecule has 0 aromatic heterocycles. The molecule has 5 heteroatoms. The minimum atomic E-state index is -0.694. The second-order valence-electron chi connectivity index (χ2n) is 7.00. The molecule has 2 aromatic rings. The molecule has 0 bridgehead atoms. The Hall–Kier alpha value is -3.34. The number of hydrogen-bond acceptors (Lipinski definition) is 4. The number of rotatable bonds is 3. The van der Waals surface area contributed by atoms with Crippen LogP contribution in [0.1, 0.15) is 31.9 Å². The number of nitrogens with zero attached hydrogens (tertiary/aromatic N) is 1. The molecule has 0 unspecified atom stereocenters. The Bertz CT molecular complexity index is 893. The first-order valence-electron chi connectivity index (χ1n) is 8.61. The number of hydrogen-bond donors (Lipinski definition) is 0. The summed E-state index contributed by atoms with van der Waals surface area (Å²) in [6, 6.07) is 18.5. The standard InChI is InChI=1S/C22H21NO4/c1-22(2,3)27-21(25)23-18(16-10-6-4-7-11-16)15-26-19(14-24)20(23)17-12-8-5-9-13-17/h4-15H,1-3H3. The van der Waals surface area contributed by atoms with Crippen molar-refractivity contribution in [3.8, 4) is 0 Å². The van der Waals surface area contributed by atoms with E-state index in [-0.39, 0.29) is 5.76 Å². The molecule has 1 amide bonds. The van der Waals surface area contributed by atoms with Crippen molar-refractivity contribution in [2.45, 2.75) is 26.4 Å². The molecule has 0 saturated heterocycles. The molecule has 0 aliphatic carbocycles. The summed E-state index contributed by atoms with van der Waals surface area (Å²) in [4.78, 5) is 26.1. The van der Waals surface area contributed by atoms with Gasteiger partial charge in [-0.1, -0.05) is 60.7 Å². The number of aldehydes is 1. The molecule has 0 fully saturated rings. The Labute approximate surface area is 158 Å². The van der Waals surface area contributed by atoms with Crippen molar-refractivity contribution in [1.82, 2.24) is 4.90 Å². The van der Waals surface area contributed by atoms with E-state index in [9.17, 15) is 9.59 Å². The average molecular weight is 363 g/mol. The van der Waals surface area contributed by atoms with Gasteiger partial charge in [-0.3, -0.25) is 4.79 Å². The molecule has 1 aliphatic rings. The third-order valence-electron chi connectivity index (χ3n) is 3.80. The molecule has 0 saturated carbocycles. The summed E-state index contributed by atoms with van der Waals surface area (Å²) in [5.41, 5.74) is 1.59. The number of carbonyl (C=O) groups is 2. The van der Waals surface area contributed by atoms with Gasteiger partial charge in [0.2, 0.25) is 0 Å². The van der Waals surface area contributed by atoms with Gasteiger partial charge < -0.3 is 9.47 Å². The van der Waals surface area contributed by atoms with Crippen LogP contribution in [0.2, 0.25) is 0 Å². The fourth-order valence-electron chi connectivity index (χ4n) is 2.71. The van der Waals surface area contributed by atoms with Crippen molar-refractivity contribution in [2.75, 3.05) is 0 Å². The highest BCUT2D eigenvalue weighted by molar-refractivity contribution is 5.99. The maximum Gasteiger partial charge on any atom is 0.419 e. The molecule has 3 rings (SSSR count). The van der Waals surface area contributed by atoms with Crippen molar-refractivity contribution in [3.05, 3.63) is 83.8 Å². The fraction of sp³-hybridized carbons (Fsp3) is 0.182. The van der Waals surface area contributed by atoms with Gasteiger partial charge in [0.15, 0.2) is 12.0 Å². The normalized spacial score (nSPS) is 14.3. The van der Waals surface area contributed by atoms with Crippen LogP contribution >= 0.6 is 0 Å². The Morgan fingerprint density at radius 1 is 0.963 bits per heavy atom. The number of allylic oxidation sites excluding steroid dienone is 1. The summed E-state index contributed by atoms with van der Waals surface area (Å²) >= 11 is 0. The summed E-state index contributed by atoms with van der Waals surface area (Å²) in [6.45, 7) is 5.39. The molecule has 5 nitrogen and oxygen atoms in total. The van der Waals surface area contributed by atoms with Crippen molar-refractivity contribution >= 4 is 23.8 Å². The lowest BCUT2D eigenvalue weighted by Crippen LogP contribution is -2.36. The first kappa shape index (κ1) is 18.5. The average Bonchev–Trinajstić information content (AvgIpc) is 2.66. The summed E-state index contributed by atoms with van der Waals surface area (Å²) in [7, 11) is 0. The second kappa shape index (κ2) is 7.50. The third-order valence-corrected chi connectivity index (χ3v) is 3.80. The monoisotopic (exact) mass is 363 g/mol. The van der Waals surface area contributed by atoms with Crippen LogP contribution in [0.15, 0.2) is 72.7 Å². The smallest absolute Gasteiger partial charge is 0.419 e. The topological polar surface area (TPSA) is 55.8 Å². The Kier molecular flexibility index (Phi) is 5.12. The molecule has 1 heterocycles. The van der Waals surface area contributed by atoms with E-state index >= 15 is 0 Å². The highest BCUT2D eigenvalue weighted by Gasteiger charge is 2.34. The summed E-state index contributed by atoms with van der Waals surface area (Å²) in [5, 5.41) is 0. The quantitative estimate of drug-likeness (QED) is 0.734. The van der Waals surface area contributed by atoms with Gasteiger partial charge >= 0.3 is 6.09 Å². The number of carbonyl (C=O) groups excluding carboxylic acids is 2.